The molecule has 0 atom stereocenters. The van der Waals surface area contributed by atoms with E-state index >= 15 is 0 Å². The van der Waals surface area contributed by atoms with E-state index in [1.807, 2.05) is 0 Å². The molecule has 1 saturated heterocycles. The first-order valence-electron chi connectivity index (χ1n) is 5.89. The third-order valence-corrected chi connectivity index (χ3v) is 3.62. The van der Waals surface area contributed by atoms with E-state index in [9.17, 15) is 0 Å². The van der Waals surface area contributed by atoms with Crippen LogP contribution in [0.25, 0.3) is 0 Å². The number of hydrogen-bond donors (Lipinski definition) is 1. The maximum atomic E-state index is 3.63. The summed E-state index contributed by atoms with van der Waals surface area (Å²) in [7, 11) is 0. The van der Waals surface area contributed by atoms with E-state index in [0.717, 1.165) is 12.5 Å². The lowest BCUT2D eigenvalue weighted by molar-refractivity contribution is 0.0354. The summed E-state index contributed by atoms with van der Waals surface area (Å²) in [5, 5.41) is 3.63. The SMILES string of the molecule is CC1(C)CN(CC2CC2)C(C)(C)CN1. The van der Waals surface area contributed by atoms with Gasteiger partial charge in [0.25, 0.3) is 0 Å². The maximum absolute atomic E-state index is 3.63. The fraction of sp³-hybridized carbons (Fsp3) is 1.00. The molecule has 2 heteroatoms. The summed E-state index contributed by atoms with van der Waals surface area (Å²) in [5.41, 5.74) is 0.641. The van der Waals surface area contributed by atoms with Gasteiger partial charge in [0.2, 0.25) is 0 Å². The smallest absolute Gasteiger partial charge is 0.0278 e. The van der Waals surface area contributed by atoms with Crippen molar-refractivity contribution in [3.8, 4) is 0 Å². The van der Waals surface area contributed by atoms with Crippen LogP contribution < -0.4 is 5.32 Å². The number of piperazine rings is 1. The first kappa shape index (κ1) is 10.4. The molecule has 0 unspecified atom stereocenters. The van der Waals surface area contributed by atoms with Gasteiger partial charge in [0.15, 0.2) is 0 Å². The molecule has 0 aromatic rings. The largest absolute Gasteiger partial charge is 0.309 e. The van der Waals surface area contributed by atoms with Crippen LogP contribution in [0.3, 0.4) is 0 Å². The second-order valence-electron chi connectivity index (χ2n) is 6.37. The number of nitrogens with zero attached hydrogens (tertiary/aromatic N) is 1. The summed E-state index contributed by atoms with van der Waals surface area (Å²) in [6, 6.07) is 0. The van der Waals surface area contributed by atoms with Crippen LogP contribution in [0.15, 0.2) is 0 Å². The van der Waals surface area contributed by atoms with Crippen LogP contribution in [0, 0.1) is 5.92 Å². The summed E-state index contributed by atoms with van der Waals surface area (Å²) < 4.78 is 0. The number of rotatable bonds is 2. The van der Waals surface area contributed by atoms with Crippen molar-refractivity contribution in [1.82, 2.24) is 10.2 Å². The quantitative estimate of drug-likeness (QED) is 0.725. The Morgan fingerprint density at radius 2 is 1.86 bits per heavy atom. The minimum Gasteiger partial charge on any atom is -0.309 e. The normalized spacial score (nSPS) is 31.7. The minimum atomic E-state index is 0.296. The van der Waals surface area contributed by atoms with E-state index < -0.39 is 0 Å². The first-order valence-corrected chi connectivity index (χ1v) is 5.89. The standard InChI is InChI=1S/C12H24N2/c1-11(2)9-14(7-10-5-6-10)12(3,4)8-13-11/h10,13H,5-9H2,1-4H3. The van der Waals surface area contributed by atoms with Crippen LogP contribution in [0.5, 0.6) is 0 Å². The zero-order valence-corrected chi connectivity index (χ0v) is 10.1. The third kappa shape index (κ3) is 2.29. The zero-order chi connectivity index (χ0) is 10.4. The van der Waals surface area contributed by atoms with Gasteiger partial charge in [-0.3, -0.25) is 4.90 Å². The molecule has 1 saturated carbocycles. The topological polar surface area (TPSA) is 15.3 Å². The minimum absolute atomic E-state index is 0.296. The van der Waals surface area contributed by atoms with Crippen molar-refractivity contribution in [2.24, 2.45) is 5.92 Å². The maximum Gasteiger partial charge on any atom is 0.0278 e. The lowest BCUT2D eigenvalue weighted by atomic mass is 9.91. The average molecular weight is 196 g/mol. The Kier molecular flexibility index (Phi) is 2.39. The molecule has 82 valence electrons. The van der Waals surface area contributed by atoms with E-state index in [4.69, 9.17) is 0 Å². The van der Waals surface area contributed by atoms with Crippen molar-refractivity contribution >= 4 is 0 Å². The van der Waals surface area contributed by atoms with Gasteiger partial charge in [-0.15, -0.1) is 0 Å². The predicted octanol–water partition coefficient (Wildman–Crippen LogP) is 1.86. The summed E-state index contributed by atoms with van der Waals surface area (Å²) in [6.45, 7) is 13.0. The first-order chi connectivity index (χ1) is 6.39. The Balaban J connectivity index is 2.00. The monoisotopic (exact) mass is 196 g/mol. The van der Waals surface area contributed by atoms with Gasteiger partial charge in [0.05, 0.1) is 0 Å². The van der Waals surface area contributed by atoms with Crippen molar-refractivity contribution < 1.29 is 0 Å². The van der Waals surface area contributed by atoms with Crippen LogP contribution in [0.4, 0.5) is 0 Å². The molecular weight excluding hydrogens is 172 g/mol. The molecule has 2 rings (SSSR count). The van der Waals surface area contributed by atoms with E-state index in [1.54, 1.807) is 0 Å². The highest BCUT2D eigenvalue weighted by molar-refractivity contribution is 4.98. The molecular formula is C12H24N2. The summed E-state index contributed by atoms with van der Waals surface area (Å²) in [4.78, 5) is 2.68. The van der Waals surface area contributed by atoms with Crippen LogP contribution in [-0.2, 0) is 0 Å². The molecule has 1 N–H and O–H groups in total. The third-order valence-electron chi connectivity index (χ3n) is 3.62. The summed E-state index contributed by atoms with van der Waals surface area (Å²) in [6.07, 6.45) is 2.92. The molecule has 0 spiro atoms. The Hall–Kier alpha value is -0.0800. The van der Waals surface area contributed by atoms with Gasteiger partial charge in [-0.25, -0.2) is 0 Å². The lowest BCUT2D eigenvalue weighted by Crippen LogP contribution is -2.66. The summed E-state index contributed by atoms with van der Waals surface area (Å²) in [5.74, 6) is 1.00. The van der Waals surface area contributed by atoms with E-state index in [0.29, 0.717) is 11.1 Å². The second-order valence-corrected chi connectivity index (χ2v) is 6.37. The van der Waals surface area contributed by atoms with Gasteiger partial charge < -0.3 is 5.32 Å². The Bertz CT molecular complexity index is 216. The van der Waals surface area contributed by atoms with Crippen molar-refractivity contribution in [3.05, 3.63) is 0 Å². The van der Waals surface area contributed by atoms with Crippen molar-refractivity contribution in [2.75, 3.05) is 19.6 Å². The molecule has 2 nitrogen and oxygen atoms in total. The van der Waals surface area contributed by atoms with E-state index in [1.165, 1.54) is 25.9 Å². The molecule has 1 aliphatic carbocycles. The second kappa shape index (κ2) is 3.21. The molecule has 0 aromatic heterocycles. The summed E-state index contributed by atoms with van der Waals surface area (Å²) >= 11 is 0. The molecule has 2 aliphatic rings. The highest BCUT2D eigenvalue weighted by Gasteiger charge is 2.39. The molecule has 1 aliphatic heterocycles. The van der Waals surface area contributed by atoms with Crippen molar-refractivity contribution in [2.45, 2.75) is 51.6 Å². The van der Waals surface area contributed by atoms with Crippen LogP contribution in [0.1, 0.15) is 40.5 Å². The van der Waals surface area contributed by atoms with E-state index in [2.05, 4.69) is 37.9 Å². The average Bonchev–Trinajstić information content (AvgIpc) is 2.82. The van der Waals surface area contributed by atoms with Crippen molar-refractivity contribution in [3.63, 3.8) is 0 Å². The highest BCUT2D eigenvalue weighted by atomic mass is 15.3. The van der Waals surface area contributed by atoms with Crippen molar-refractivity contribution in [1.29, 1.82) is 0 Å². The zero-order valence-electron chi connectivity index (χ0n) is 10.1. The Labute approximate surface area is 88.1 Å². The van der Waals surface area contributed by atoms with Crippen LogP contribution in [0.2, 0.25) is 0 Å². The molecule has 0 radical (unpaired) electrons. The molecule has 14 heavy (non-hydrogen) atoms. The predicted molar refractivity (Wildman–Crippen MR) is 60.5 cm³/mol. The molecule has 0 aromatic carbocycles. The van der Waals surface area contributed by atoms with Gasteiger partial charge in [-0.05, 0) is 46.5 Å². The van der Waals surface area contributed by atoms with Crippen LogP contribution in [-0.4, -0.2) is 35.6 Å². The van der Waals surface area contributed by atoms with Gasteiger partial charge in [0.1, 0.15) is 0 Å². The number of nitrogens with one attached hydrogen (secondary N) is 1. The molecule has 1 heterocycles. The van der Waals surface area contributed by atoms with Gasteiger partial charge in [-0.1, -0.05) is 0 Å². The van der Waals surface area contributed by atoms with Crippen LogP contribution >= 0.6 is 0 Å². The lowest BCUT2D eigenvalue weighted by Gasteiger charge is -2.49. The fourth-order valence-electron chi connectivity index (χ4n) is 2.24. The fourth-order valence-corrected chi connectivity index (χ4v) is 2.24. The Morgan fingerprint density at radius 3 is 2.43 bits per heavy atom. The molecule has 0 amide bonds. The van der Waals surface area contributed by atoms with Gasteiger partial charge >= 0.3 is 0 Å². The number of hydrogen-bond acceptors (Lipinski definition) is 2. The van der Waals surface area contributed by atoms with Gasteiger partial charge in [0, 0.05) is 30.7 Å². The molecule has 0 bridgehead atoms. The highest BCUT2D eigenvalue weighted by Crippen LogP contribution is 2.33. The Morgan fingerprint density at radius 1 is 1.21 bits per heavy atom. The molecule has 2 fully saturated rings. The van der Waals surface area contributed by atoms with E-state index in [-0.39, 0.29) is 0 Å². The van der Waals surface area contributed by atoms with Gasteiger partial charge in [-0.2, -0.15) is 0 Å².